The Hall–Kier alpha value is -2.74. The number of amides is 1. The van der Waals surface area contributed by atoms with Gasteiger partial charge in [0.05, 0.1) is 12.1 Å². The lowest BCUT2D eigenvalue weighted by Crippen LogP contribution is -2.54. The van der Waals surface area contributed by atoms with E-state index in [2.05, 4.69) is 32.8 Å². The van der Waals surface area contributed by atoms with Gasteiger partial charge >= 0.3 is 0 Å². The van der Waals surface area contributed by atoms with E-state index in [0.717, 1.165) is 29.7 Å². The highest BCUT2D eigenvalue weighted by molar-refractivity contribution is 7.80. The molecule has 2 aliphatic rings. The van der Waals surface area contributed by atoms with E-state index in [1.165, 1.54) is 0 Å². The highest BCUT2D eigenvalue weighted by Gasteiger charge is 2.28. The summed E-state index contributed by atoms with van der Waals surface area (Å²) < 4.78 is 6.13. The quantitative estimate of drug-likeness (QED) is 0.660. The van der Waals surface area contributed by atoms with Crippen LogP contribution in [0.15, 0.2) is 36.7 Å². The van der Waals surface area contributed by atoms with Gasteiger partial charge < -0.3 is 20.7 Å². The first kappa shape index (κ1) is 18.6. The van der Waals surface area contributed by atoms with Crippen LogP contribution in [0.4, 0.5) is 0 Å². The number of hydrogen-bond donors (Lipinski definition) is 3. The van der Waals surface area contributed by atoms with E-state index in [4.69, 9.17) is 17.0 Å². The number of aromatic nitrogens is 2. The Morgan fingerprint density at radius 1 is 1.29 bits per heavy atom. The van der Waals surface area contributed by atoms with Crippen LogP contribution >= 0.6 is 12.2 Å². The van der Waals surface area contributed by atoms with Crippen molar-refractivity contribution in [1.82, 2.24) is 25.9 Å². The average Bonchev–Trinajstić information content (AvgIpc) is 3.09. The molecule has 0 bridgehead atoms. The molecule has 0 spiro atoms. The summed E-state index contributed by atoms with van der Waals surface area (Å²) >= 11 is 5.17. The fourth-order valence-electron chi connectivity index (χ4n) is 3.72. The highest BCUT2D eigenvalue weighted by Crippen LogP contribution is 2.37. The maximum absolute atomic E-state index is 12.4. The summed E-state index contributed by atoms with van der Waals surface area (Å²) in [6.07, 6.45) is 5.35. The Morgan fingerprint density at radius 2 is 2.11 bits per heavy atom. The van der Waals surface area contributed by atoms with E-state index in [0.29, 0.717) is 23.9 Å². The molecule has 0 aliphatic carbocycles. The molecule has 3 atom stereocenters. The summed E-state index contributed by atoms with van der Waals surface area (Å²) in [5.74, 6) is 1.46. The molecule has 1 fully saturated rings. The zero-order valence-corrected chi connectivity index (χ0v) is 16.5. The number of benzene rings is 1. The van der Waals surface area contributed by atoms with Gasteiger partial charge in [0, 0.05) is 37.3 Å². The first-order chi connectivity index (χ1) is 13.6. The van der Waals surface area contributed by atoms with Crippen molar-refractivity contribution in [2.75, 3.05) is 6.54 Å². The van der Waals surface area contributed by atoms with Gasteiger partial charge in [-0.2, -0.15) is 0 Å². The maximum Gasteiger partial charge on any atom is 0.222 e. The molecule has 1 unspecified atom stereocenters. The van der Waals surface area contributed by atoms with E-state index in [9.17, 15) is 4.79 Å². The average molecular weight is 398 g/mol. The topological polar surface area (TPSA) is 88.2 Å². The molecule has 7 nitrogen and oxygen atoms in total. The fourth-order valence-corrected chi connectivity index (χ4v) is 4.09. The third-order valence-corrected chi connectivity index (χ3v) is 5.18. The molecular weight excluding hydrogens is 374 g/mol. The molecule has 1 aromatic carbocycles. The number of thiocarbonyl (C=S) groups is 1. The molecule has 3 N–H and O–H groups in total. The first-order valence-electron chi connectivity index (χ1n) is 9.48. The predicted octanol–water partition coefficient (Wildman–Crippen LogP) is 1.58. The molecule has 1 aromatic heterocycles. The van der Waals surface area contributed by atoms with Crippen LogP contribution in [-0.4, -0.2) is 45.7 Å². The van der Waals surface area contributed by atoms with Gasteiger partial charge in [0.1, 0.15) is 11.9 Å². The van der Waals surface area contributed by atoms with Crippen molar-refractivity contribution in [2.45, 2.75) is 44.4 Å². The van der Waals surface area contributed by atoms with Gasteiger partial charge in [-0.3, -0.25) is 4.79 Å². The van der Waals surface area contributed by atoms with Crippen molar-refractivity contribution in [3.63, 3.8) is 0 Å². The Balaban J connectivity index is 1.33. The molecule has 146 valence electrons. The lowest BCUT2D eigenvalue weighted by atomic mass is 10.0. The standard InChI is InChI=1S/C20H23N5O2S/c1-12-8-14(25-20(28)24-12)10-17(26)23-11-15-9-13-4-2-5-16(18(13)27-15)19-21-6-3-7-22-19/h2-7,12,14-15H,8-11H2,1H3,(H,23,26)(H2,24,25,28)/t12-,14+,15?/m1/s1. The molecule has 2 aliphatic heterocycles. The van der Waals surface area contributed by atoms with Crippen molar-refractivity contribution >= 4 is 23.2 Å². The molecule has 3 heterocycles. The zero-order chi connectivity index (χ0) is 19.5. The molecule has 28 heavy (non-hydrogen) atoms. The number of fused-ring (bicyclic) bond motifs is 1. The Kier molecular flexibility index (Phi) is 5.38. The molecule has 2 aromatic rings. The van der Waals surface area contributed by atoms with Crippen molar-refractivity contribution in [2.24, 2.45) is 0 Å². The summed E-state index contributed by atoms with van der Waals surface area (Å²) in [6.45, 7) is 2.53. The molecule has 1 amide bonds. The van der Waals surface area contributed by atoms with Gasteiger partial charge in [0.15, 0.2) is 10.9 Å². The van der Waals surface area contributed by atoms with Crippen molar-refractivity contribution in [1.29, 1.82) is 0 Å². The van der Waals surface area contributed by atoms with Crippen LogP contribution in [0.2, 0.25) is 0 Å². The monoisotopic (exact) mass is 397 g/mol. The van der Waals surface area contributed by atoms with E-state index in [1.54, 1.807) is 18.5 Å². The number of carbonyl (C=O) groups excluding carboxylic acids is 1. The Bertz CT molecular complexity index is 876. The van der Waals surface area contributed by atoms with Gasteiger partial charge in [-0.1, -0.05) is 12.1 Å². The van der Waals surface area contributed by atoms with Gasteiger partial charge in [0.25, 0.3) is 0 Å². The largest absolute Gasteiger partial charge is 0.487 e. The van der Waals surface area contributed by atoms with E-state index in [-0.39, 0.29) is 24.1 Å². The van der Waals surface area contributed by atoms with E-state index >= 15 is 0 Å². The molecule has 0 radical (unpaired) electrons. The Morgan fingerprint density at radius 3 is 2.89 bits per heavy atom. The Labute approximate surface area is 169 Å². The molecule has 4 rings (SSSR count). The summed E-state index contributed by atoms with van der Waals surface area (Å²) in [6, 6.07) is 8.12. The van der Waals surface area contributed by atoms with Crippen molar-refractivity contribution in [3.05, 3.63) is 42.2 Å². The third-order valence-electron chi connectivity index (χ3n) is 4.94. The second kappa shape index (κ2) is 8.10. The fraction of sp³-hybridized carbons (Fsp3) is 0.400. The number of ether oxygens (including phenoxy) is 1. The summed E-state index contributed by atoms with van der Waals surface area (Å²) in [4.78, 5) is 21.0. The third kappa shape index (κ3) is 4.22. The molecule has 0 saturated carbocycles. The normalized spacial score (nSPS) is 23.2. The van der Waals surface area contributed by atoms with Gasteiger partial charge in [-0.15, -0.1) is 0 Å². The summed E-state index contributed by atoms with van der Waals surface area (Å²) in [5, 5.41) is 9.92. The van der Waals surface area contributed by atoms with Crippen LogP contribution in [-0.2, 0) is 11.2 Å². The minimum Gasteiger partial charge on any atom is -0.487 e. The number of carbonyl (C=O) groups is 1. The van der Waals surface area contributed by atoms with Crippen LogP contribution in [0.3, 0.4) is 0 Å². The van der Waals surface area contributed by atoms with Crippen LogP contribution in [0.25, 0.3) is 11.4 Å². The van der Waals surface area contributed by atoms with Crippen LogP contribution < -0.4 is 20.7 Å². The maximum atomic E-state index is 12.4. The zero-order valence-electron chi connectivity index (χ0n) is 15.6. The second-order valence-corrected chi connectivity index (χ2v) is 7.68. The molecule has 1 saturated heterocycles. The molecule has 8 heteroatoms. The van der Waals surface area contributed by atoms with Gasteiger partial charge in [-0.25, -0.2) is 9.97 Å². The smallest absolute Gasteiger partial charge is 0.222 e. The lowest BCUT2D eigenvalue weighted by molar-refractivity contribution is -0.121. The van der Waals surface area contributed by atoms with E-state index in [1.807, 2.05) is 18.2 Å². The first-order valence-corrected chi connectivity index (χ1v) is 9.89. The number of hydrogen-bond acceptors (Lipinski definition) is 5. The van der Waals surface area contributed by atoms with Gasteiger partial charge in [0.2, 0.25) is 5.91 Å². The van der Waals surface area contributed by atoms with Crippen LogP contribution in [0, 0.1) is 0 Å². The molecular formula is C20H23N5O2S. The second-order valence-electron chi connectivity index (χ2n) is 7.27. The van der Waals surface area contributed by atoms with Crippen LogP contribution in [0.1, 0.15) is 25.3 Å². The number of nitrogens with one attached hydrogen (secondary N) is 3. The number of para-hydroxylation sites is 1. The van der Waals surface area contributed by atoms with Gasteiger partial charge in [-0.05, 0) is 43.3 Å². The van der Waals surface area contributed by atoms with Crippen LogP contribution in [0.5, 0.6) is 5.75 Å². The lowest BCUT2D eigenvalue weighted by Gasteiger charge is -2.30. The number of rotatable bonds is 5. The summed E-state index contributed by atoms with van der Waals surface area (Å²) in [5.41, 5.74) is 2.00. The highest BCUT2D eigenvalue weighted by atomic mass is 32.1. The van der Waals surface area contributed by atoms with Crippen molar-refractivity contribution in [3.8, 4) is 17.1 Å². The SMILES string of the molecule is C[C@@H]1C[C@@H](CC(=O)NCC2Cc3cccc(-c4ncccn4)c3O2)NC(=S)N1. The minimum atomic E-state index is -0.0928. The minimum absolute atomic E-state index is 0.000530. The van der Waals surface area contributed by atoms with Crippen molar-refractivity contribution < 1.29 is 9.53 Å². The predicted molar refractivity (Wildman–Crippen MR) is 110 cm³/mol. The van der Waals surface area contributed by atoms with E-state index < -0.39 is 0 Å². The summed E-state index contributed by atoms with van der Waals surface area (Å²) in [7, 11) is 0. The number of nitrogens with zero attached hydrogens (tertiary/aromatic N) is 2.